The van der Waals surface area contributed by atoms with E-state index >= 15 is 0 Å². The molecule has 0 spiro atoms. The Labute approximate surface area is 68.6 Å². The second-order valence-corrected chi connectivity index (χ2v) is 2.60. The molecule has 0 aromatic rings. The van der Waals surface area contributed by atoms with Crippen molar-refractivity contribution in [2.24, 2.45) is 10.2 Å². The van der Waals surface area contributed by atoms with Crippen molar-refractivity contribution in [1.82, 2.24) is 0 Å². The molecule has 1 heterocycles. The van der Waals surface area contributed by atoms with Crippen LogP contribution in [-0.4, -0.2) is 11.1 Å². The smallest absolute Gasteiger partial charge is 0.331 e. The molecule has 2 aliphatic rings. The third kappa shape index (κ3) is 0.972. The van der Waals surface area contributed by atoms with Crippen LogP contribution in [-0.2, 0) is 4.79 Å². The standard InChI is InChI=1S/C8H6N2O2/c11-8(12)5-1-2-7-6(3-5)4-9-10-7/h1-2,4H,3H2,(H,11,12). The molecule has 0 aromatic carbocycles. The summed E-state index contributed by atoms with van der Waals surface area (Å²) >= 11 is 0. The average Bonchev–Trinajstić information content (AvgIpc) is 2.49. The van der Waals surface area contributed by atoms with Crippen LogP contribution in [0.3, 0.4) is 0 Å². The first-order valence-corrected chi connectivity index (χ1v) is 3.52. The fourth-order valence-corrected chi connectivity index (χ4v) is 1.16. The van der Waals surface area contributed by atoms with E-state index in [1.807, 2.05) is 0 Å². The summed E-state index contributed by atoms with van der Waals surface area (Å²) in [6.07, 6.45) is 5.27. The fourth-order valence-electron chi connectivity index (χ4n) is 1.16. The van der Waals surface area contributed by atoms with Crippen LogP contribution in [0.25, 0.3) is 0 Å². The Hall–Kier alpha value is -1.71. The highest BCUT2D eigenvalue weighted by atomic mass is 16.4. The van der Waals surface area contributed by atoms with Gasteiger partial charge in [0.25, 0.3) is 0 Å². The van der Waals surface area contributed by atoms with Crippen molar-refractivity contribution in [2.45, 2.75) is 6.42 Å². The highest BCUT2D eigenvalue weighted by Crippen LogP contribution is 2.29. The number of aliphatic carboxylic acids is 1. The Morgan fingerprint density at radius 1 is 1.50 bits per heavy atom. The lowest BCUT2D eigenvalue weighted by atomic mass is 9.99. The second kappa shape index (κ2) is 2.41. The Balaban J connectivity index is 2.33. The predicted molar refractivity (Wildman–Crippen MR) is 41.4 cm³/mol. The van der Waals surface area contributed by atoms with Crippen LogP contribution in [0, 0.1) is 0 Å². The van der Waals surface area contributed by atoms with Gasteiger partial charge in [-0.05, 0) is 12.2 Å². The van der Waals surface area contributed by atoms with E-state index in [2.05, 4.69) is 10.2 Å². The molecule has 0 unspecified atom stereocenters. The van der Waals surface area contributed by atoms with E-state index in [-0.39, 0.29) is 0 Å². The SMILES string of the molecule is O=C(O)C1=CC=C2N=NC=C2C1. The minimum atomic E-state index is -0.877. The van der Waals surface area contributed by atoms with Crippen LogP contribution in [0.15, 0.2) is 45.4 Å². The minimum absolute atomic E-state index is 0.386. The third-order valence-corrected chi connectivity index (χ3v) is 1.81. The Morgan fingerprint density at radius 3 is 3.08 bits per heavy atom. The number of fused-ring (bicyclic) bond motifs is 1. The molecule has 0 saturated carbocycles. The second-order valence-electron chi connectivity index (χ2n) is 2.60. The van der Waals surface area contributed by atoms with E-state index in [9.17, 15) is 4.79 Å². The number of carboxylic acids is 1. The van der Waals surface area contributed by atoms with E-state index in [4.69, 9.17) is 5.11 Å². The zero-order valence-electron chi connectivity index (χ0n) is 6.19. The molecule has 4 heteroatoms. The van der Waals surface area contributed by atoms with Crippen LogP contribution in [0.2, 0.25) is 0 Å². The number of carbonyl (C=O) groups is 1. The van der Waals surface area contributed by atoms with Crippen molar-refractivity contribution >= 4 is 5.97 Å². The lowest BCUT2D eigenvalue weighted by Crippen LogP contribution is -2.04. The zero-order valence-corrected chi connectivity index (χ0v) is 6.19. The first-order valence-electron chi connectivity index (χ1n) is 3.52. The Bertz CT molecular complexity index is 361. The molecule has 60 valence electrons. The lowest BCUT2D eigenvalue weighted by molar-refractivity contribution is -0.132. The molecular weight excluding hydrogens is 156 g/mol. The van der Waals surface area contributed by atoms with Crippen LogP contribution in [0.5, 0.6) is 0 Å². The molecular formula is C8H6N2O2. The first-order chi connectivity index (χ1) is 5.77. The molecule has 2 rings (SSSR count). The van der Waals surface area contributed by atoms with E-state index in [1.54, 1.807) is 18.4 Å². The number of nitrogens with zero attached hydrogens (tertiary/aromatic N) is 2. The van der Waals surface area contributed by atoms with Crippen molar-refractivity contribution in [1.29, 1.82) is 0 Å². The van der Waals surface area contributed by atoms with Crippen LogP contribution in [0.4, 0.5) is 0 Å². The number of carboxylic acid groups (broad SMARTS) is 1. The number of hydrogen-bond acceptors (Lipinski definition) is 3. The molecule has 4 nitrogen and oxygen atoms in total. The van der Waals surface area contributed by atoms with Gasteiger partial charge in [0.1, 0.15) is 0 Å². The monoisotopic (exact) mass is 162 g/mol. The van der Waals surface area contributed by atoms with E-state index in [0.717, 1.165) is 11.3 Å². The molecule has 1 aliphatic heterocycles. The topological polar surface area (TPSA) is 62.0 Å². The van der Waals surface area contributed by atoms with Crippen LogP contribution < -0.4 is 0 Å². The van der Waals surface area contributed by atoms with Gasteiger partial charge >= 0.3 is 5.97 Å². The highest BCUT2D eigenvalue weighted by molar-refractivity contribution is 5.88. The number of rotatable bonds is 1. The van der Waals surface area contributed by atoms with Crippen molar-refractivity contribution in [2.75, 3.05) is 0 Å². The van der Waals surface area contributed by atoms with Gasteiger partial charge in [0, 0.05) is 17.6 Å². The van der Waals surface area contributed by atoms with Crippen molar-refractivity contribution in [3.05, 3.63) is 35.2 Å². The van der Waals surface area contributed by atoms with Gasteiger partial charge in [-0.1, -0.05) is 0 Å². The van der Waals surface area contributed by atoms with Crippen molar-refractivity contribution in [3.8, 4) is 0 Å². The van der Waals surface area contributed by atoms with Crippen LogP contribution in [0.1, 0.15) is 6.42 Å². The maximum absolute atomic E-state index is 10.6. The van der Waals surface area contributed by atoms with Gasteiger partial charge in [0.15, 0.2) is 0 Å². The molecule has 0 saturated heterocycles. The summed E-state index contributed by atoms with van der Waals surface area (Å²) in [5.41, 5.74) is 2.05. The summed E-state index contributed by atoms with van der Waals surface area (Å²) in [6.45, 7) is 0. The number of hydrogen-bond donors (Lipinski definition) is 1. The van der Waals surface area contributed by atoms with E-state index < -0.39 is 5.97 Å². The Morgan fingerprint density at radius 2 is 2.33 bits per heavy atom. The summed E-state index contributed by atoms with van der Waals surface area (Å²) in [4.78, 5) is 10.6. The van der Waals surface area contributed by atoms with E-state index in [1.165, 1.54) is 0 Å². The maximum atomic E-state index is 10.6. The molecule has 0 bridgehead atoms. The predicted octanol–water partition coefficient (Wildman–Crippen LogP) is 1.63. The van der Waals surface area contributed by atoms with Gasteiger partial charge in [-0.15, -0.1) is 0 Å². The van der Waals surface area contributed by atoms with Crippen molar-refractivity contribution in [3.63, 3.8) is 0 Å². The molecule has 12 heavy (non-hydrogen) atoms. The summed E-state index contributed by atoms with van der Waals surface area (Å²) in [5.74, 6) is -0.877. The largest absolute Gasteiger partial charge is 0.478 e. The molecule has 1 N–H and O–H groups in total. The molecule has 0 fully saturated rings. The maximum Gasteiger partial charge on any atom is 0.331 e. The summed E-state index contributed by atoms with van der Waals surface area (Å²) in [6, 6.07) is 0. The number of allylic oxidation sites excluding steroid dienone is 3. The molecule has 0 atom stereocenters. The van der Waals surface area contributed by atoms with Gasteiger partial charge in [0.2, 0.25) is 0 Å². The molecule has 0 amide bonds. The first kappa shape index (κ1) is 6.97. The third-order valence-electron chi connectivity index (χ3n) is 1.81. The van der Waals surface area contributed by atoms with Crippen LogP contribution >= 0.6 is 0 Å². The van der Waals surface area contributed by atoms with Crippen molar-refractivity contribution < 1.29 is 9.90 Å². The minimum Gasteiger partial charge on any atom is -0.478 e. The zero-order chi connectivity index (χ0) is 8.55. The van der Waals surface area contributed by atoms with Gasteiger partial charge in [0.05, 0.1) is 11.9 Å². The Kier molecular flexibility index (Phi) is 1.40. The highest BCUT2D eigenvalue weighted by Gasteiger charge is 2.18. The lowest BCUT2D eigenvalue weighted by Gasteiger charge is -2.07. The van der Waals surface area contributed by atoms with Gasteiger partial charge in [-0.2, -0.15) is 10.2 Å². The average molecular weight is 162 g/mol. The normalized spacial score (nSPS) is 19.5. The van der Waals surface area contributed by atoms with Gasteiger partial charge in [-0.25, -0.2) is 4.79 Å². The number of azo groups is 1. The summed E-state index contributed by atoms with van der Waals surface area (Å²) in [5, 5.41) is 16.2. The quantitative estimate of drug-likeness (QED) is 0.636. The molecule has 0 radical (unpaired) electrons. The summed E-state index contributed by atoms with van der Waals surface area (Å²) < 4.78 is 0. The van der Waals surface area contributed by atoms with Gasteiger partial charge in [-0.3, -0.25) is 0 Å². The molecule has 0 aromatic heterocycles. The molecule has 1 aliphatic carbocycles. The van der Waals surface area contributed by atoms with E-state index in [0.29, 0.717) is 12.0 Å². The fraction of sp³-hybridized carbons (Fsp3) is 0.125. The summed E-state index contributed by atoms with van der Waals surface area (Å²) in [7, 11) is 0. The van der Waals surface area contributed by atoms with Gasteiger partial charge < -0.3 is 5.11 Å².